The first-order valence-electron chi connectivity index (χ1n) is 16.3. The van der Waals surface area contributed by atoms with Crippen LogP contribution in [0.25, 0.3) is 17.2 Å². The molecular weight excluding hydrogens is 767 g/mol. The number of ether oxygens (including phenoxy) is 5. The third kappa shape index (κ3) is 9.96. The summed E-state index contributed by atoms with van der Waals surface area (Å²) in [5.74, 6) is -1.14. The molecule has 1 amide bonds. The Labute approximate surface area is 315 Å². The molecule has 2 aliphatic rings. The van der Waals surface area contributed by atoms with Gasteiger partial charge in [0.2, 0.25) is 0 Å². The smallest absolute Gasteiger partial charge is 0.416 e. The molecule has 0 atom stereocenters. The fraction of sp³-hybridized carbons (Fsp3) is 0.361. The summed E-state index contributed by atoms with van der Waals surface area (Å²) in [6.07, 6.45) is -8.45. The fourth-order valence-electron chi connectivity index (χ4n) is 5.60. The van der Waals surface area contributed by atoms with Crippen molar-refractivity contribution in [3.63, 3.8) is 0 Å². The maximum absolute atomic E-state index is 13.9. The molecule has 2 fully saturated rings. The van der Waals surface area contributed by atoms with Gasteiger partial charge in [-0.1, -0.05) is 24.0 Å². The highest BCUT2D eigenvalue weighted by molar-refractivity contribution is 8.26. The molecule has 10 nitrogen and oxygen atoms in total. The zero-order valence-electron chi connectivity index (χ0n) is 28.8. The van der Waals surface area contributed by atoms with Gasteiger partial charge in [0, 0.05) is 31.7 Å². The van der Waals surface area contributed by atoms with Gasteiger partial charge in [-0.15, -0.1) is 0 Å². The highest BCUT2D eigenvalue weighted by Crippen LogP contribution is 2.45. The van der Waals surface area contributed by atoms with Gasteiger partial charge in [0.1, 0.15) is 10.9 Å². The average Bonchev–Trinajstić information content (AvgIpc) is 3.40. The molecule has 5 rings (SSSR count). The van der Waals surface area contributed by atoms with E-state index in [1.165, 1.54) is 55.5 Å². The van der Waals surface area contributed by atoms with E-state index in [1.54, 1.807) is 0 Å². The van der Waals surface area contributed by atoms with Crippen LogP contribution < -0.4 is 18.9 Å². The number of thiocarbonyl (C=S) groups is 1. The number of hydrogen-bond acceptors (Lipinski definition) is 10. The van der Waals surface area contributed by atoms with Crippen LogP contribution in [0.4, 0.5) is 26.3 Å². The Hall–Kier alpha value is -4.52. The molecule has 0 spiro atoms. The summed E-state index contributed by atoms with van der Waals surface area (Å²) in [6, 6.07) is 8.21. The highest BCUT2D eigenvalue weighted by atomic mass is 32.2. The van der Waals surface area contributed by atoms with E-state index in [4.69, 9.17) is 35.9 Å². The molecule has 3 aromatic rings. The second-order valence-electron chi connectivity index (χ2n) is 11.9. The van der Waals surface area contributed by atoms with Gasteiger partial charge in [0.25, 0.3) is 5.91 Å². The van der Waals surface area contributed by atoms with Crippen molar-refractivity contribution in [2.45, 2.75) is 18.8 Å². The Bertz CT molecular complexity index is 1880. The number of nitrogens with zero attached hydrogens (tertiary/aromatic N) is 2. The van der Waals surface area contributed by atoms with Gasteiger partial charge in [-0.2, -0.15) is 26.3 Å². The molecule has 54 heavy (non-hydrogen) atoms. The lowest BCUT2D eigenvalue weighted by molar-refractivity contribution is -0.143. The molecule has 0 unspecified atom stereocenters. The van der Waals surface area contributed by atoms with Gasteiger partial charge in [-0.25, -0.2) is 4.79 Å². The van der Waals surface area contributed by atoms with E-state index < -0.39 is 40.9 Å². The second kappa shape index (κ2) is 17.3. The number of aromatic carboxylic acids is 1. The van der Waals surface area contributed by atoms with Gasteiger partial charge < -0.3 is 28.8 Å². The summed E-state index contributed by atoms with van der Waals surface area (Å²) in [5, 5.41) is 9.20. The largest absolute Gasteiger partial charge is 0.493 e. The standard InChI is InChI=1S/C36H34F6N2O8S2/c1-48-28-19-22(33(46)47)4-5-27(28)51-10-3-6-44-32(45)30(54-34(44)53)16-21-14-26(23-17-24(35(37,38)39)20-25(18-23)36(40,41)42)31(29(15-21)49-2)52-13-9-43-7-11-50-12-8-43/h4-5,14-20H,3,6-13H2,1-2H3,(H,46,47). The first-order valence-corrected chi connectivity index (χ1v) is 17.6. The van der Waals surface area contributed by atoms with E-state index in [9.17, 15) is 41.0 Å². The molecule has 0 radical (unpaired) electrons. The number of thioether (sulfide) groups is 1. The fourth-order valence-corrected chi connectivity index (χ4v) is 6.91. The van der Waals surface area contributed by atoms with E-state index in [-0.39, 0.29) is 69.0 Å². The van der Waals surface area contributed by atoms with E-state index in [0.717, 1.165) is 11.8 Å². The summed E-state index contributed by atoms with van der Waals surface area (Å²) in [4.78, 5) is 28.3. The van der Waals surface area contributed by atoms with Crippen molar-refractivity contribution < 1.29 is 64.7 Å². The number of methoxy groups -OCH3 is 2. The molecule has 3 aromatic carbocycles. The Kier molecular flexibility index (Phi) is 13.0. The molecule has 0 aliphatic carbocycles. The van der Waals surface area contributed by atoms with E-state index in [0.29, 0.717) is 57.2 Å². The molecule has 2 saturated heterocycles. The Morgan fingerprint density at radius 1 is 0.889 bits per heavy atom. The maximum atomic E-state index is 13.9. The van der Waals surface area contributed by atoms with Crippen LogP contribution in [0.15, 0.2) is 53.4 Å². The molecule has 290 valence electrons. The van der Waals surface area contributed by atoms with Crippen molar-refractivity contribution in [1.82, 2.24) is 9.80 Å². The number of carboxylic acid groups (broad SMARTS) is 1. The van der Waals surface area contributed by atoms with Gasteiger partial charge >= 0.3 is 18.3 Å². The van der Waals surface area contributed by atoms with E-state index in [2.05, 4.69) is 0 Å². The lowest BCUT2D eigenvalue weighted by atomic mass is 9.96. The summed E-state index contributed by atoms with van der Waals surface area (Å²) in [5.41, 5.74) is -3.30. The monoisotopic (exact) mass is 800 g/mol. The molecule has 0 aromatic heterocycles. The Balaban J connectivity index is 1.42. The minimum absolute atomic E-state index is 0.0140. The maximum Gasteiger partial charge on any atom is 0.416 e. The number of hydrogen-bond donors (Lipinski definition) is 1. The minimum atomic E-state index is -5.09. The Morgan fingerprint density at radius 3 is 2.17 bits per heavy atom. The van der Waals surface area contributed by atoms with Crippen molar-refractivity contribution in [2.24, 2.45) is 0 Å². The number of carbonyl (C=O) groups is 2. The molecule has 2 aliphatic heterocycles. The first kappa shape index (κ1) is 40.7. The van der Waals surface area contributed by atoms with E-state index in [1.807, 2.05) is 4.90 Å². The van der Waals surface area contributed by atoms with Crippen molar-refractivity contribution in [3.8, 4) is 34.1 Å². The summed E-state index contributed by atoms with van der Waals surface area (Å²) in [7, 11) is 2.65. The van der Waals surface area contributed by atoms with Crippen LogP contribution in [0.2, 0.25) is 0 Å². The number of rotatable bonds is 14. The lowest BCUT2D eigenvalue weighted by Crippen LogP contribution is -2.38. The third-order valence-corrected chi connectivity index (χ3v) is 9.70. The predicted molar refractivity (Wildman–Crippen MR) is 191 cm³/mol. The normalized spacial score (nSPS) is 16.2. The van der Waals surface area contributed by atoms with Crippen LogP contribution in [-0.4, -0.2) is 97.9 Å². The quantitative estimate of drug-likeness (QED) is 0.0759. The summed E-state index contributed by atoms with van der Waals surface area (Å²) < 4.78 is 112. The molecule has 2 heterocycles. The highest BCUT2D eigenvalue weighted by Gasteiger charge is 2.38. The lowest BCUT2D eigenvalue weighted by Gasteiger charge is -2.27. The number of carbonyl (C=O) groups excluding carboxylic acids is 1. The number of carboxylic acids is 1. The van der Waals surface area contributed by atoms with Crippen molar-refractivity contribution in [3.05, 3.63) is 75.7 Å². The number of amides is 1. The van der Waals surface area contributed by atoms with Gasteiger partial charge in [0.05, 0.1) is 55.6 Å². The van der Waals surface area contributed by atoms with Crippen molar-refractivity contribution >= 4 is 46.3 Å². The number of morpholine rings is 1. The van der Waals surface area contributed by atoms with Crippen LogP contribution in [0.1, 0.15) is 33.5 Å². The number of halogens is 6. The van der Waals surface area contributed by atoms with Crippen LogP contribution >= 0.6 is 24.0 Å². The van der Waals surface area contributed by atoms with Gasteiger partial charge in [0.15, 0.2) is 23.0 Å². The van der Waals surface area contributed by atoms with Gasteiger partial charge in [-0.3, -0.25) is 14.6 Å². The minimum Gasteiger partial charge on any atom is -0.493 e. The van der Waals surface area contributed by atoms with Crippen LogP contribution in [0.5, 0.6) is 23.0 Å². The zero-order chi connectivity index (χ0) is 39.2. The van der Waals surface area contributed by atoms with Crippen LogP contribution in [0, 0.1) is 0 Å². The predicted octanol–water partition coefficient (Wildman–Crippen LogP) is 7.49. The summed E-state index contributed by atoms with van der Waals surface area (Å²) in [6.45, 7) is 2.96. The number of benzene rings is 3. The molecule has 0 bridgehead atoms. The topological polar surface area (TPSA) is 107 Å². The third-order valence-electron chi connectivity index (χ3n) is 8.32. The average molecular weight is 801 g/mol. The second-order valence-corrected chi connectivity index (χ2v) is 13.6. The zero-order valence-corrected chi connectivity index (χ0v) is 30.5. The summed E-state index contributed by atoms with van der Waals surface area (Å²) >= 11 is 6.41. The molecule has 18 heteroatoms. The van der Waals surface area contributed by atoms with Crippen LogP contribution in [-0.2, 0) is 21.9 Å². The first-order chi connectivity index (χ1) is 25.6. The number of alkyl halides is 6. The molecule has 0 saturated carbocycles. The van der Waals surface area contributed by atoms with Crippen molar-refractivity contribution in [1.29, 1.82) is 0 Å². The van der Waals surface area contributed by atoms with Crippen LogP contribution in [0.3, 0.4) is 0 Å². The molecular formula is C36H34F6N2O8S2. The SMILES string of the molecule is COc1cc(C(=O)O)ccc1OCCCN1C(=O)C(=Cc2cc(OC)c(OCCN3CCOCC3)c(-c3cc(C(F)(F)F)cc(C(F)(F)F)c3)c2)SC1=S. The van der Waals surface area contributed by atoms with Crippen molar-refractivity contribution in [2.75, 3.05) is 66.8 Å². The van der Waals surface area contributed by atoms with E-state index >= 15 is 0 Å². The van der Waals surface area contributed by atoms with Gasteiger partial charge in [-0.05, 0) is 72.2 Å². The molecule has 1 N–H and O–H groups in total. The Morgan fingerprint density at radius 2 is 1.56 bits per heavy atom.